The number of thioether (sulfide) groups is 1. The van der Waals surface area contributed by atoms with Crippen molar-refractivity contribution in [3.05, 3.63) is 17.0 Å². The summed E-state index contributed by atoms with van der Waals surface area (Å²) in [6, 6.07) is 3.51. The van der Waals surface area contributed by atoms with E-state index in [0.717, 1.165) is 35.8 Å². The number of carbonyl (C=O) groups excluding carboxylic acids is 2. The van der Waals surface area contributed by atoms with Gasteiger partial charge in [0, 0.05) is 24.8 Å². The molecule has 1 heterocycles. The average Bonchev–Trinajstić information content (AvgIpc) is 3.23. The molecule has 2 rings (SSSR count). The smallest absolute Gasteiger partial charge is 0.261 e. The highest BCUT2D eigenvalue weighted by atomic mass is 32.2. The third kappa shape index (κ3) is 5.68. The van der Waals surface area contributed by atoms with Crippen LogP contribution < -0.4 is 10.6 Å². The summed E-state index contributed by atoms with van der Waals surface area (Å²) >= 11 is 3.01. The van der Waals surface area contributed by atoms with Crippen LogP contribution in [0.2, 0.25) is 0 Å². The van der Waals surface area contributed by atoms with Gasteiger partial charge in [0.05, 0.1) is 9.88 Å². The van der Waals surface area contributed by atoms with Gasteiger partial charge < -0.3 is 15.7 Å². The standard InChI is InChI=1S/C14H20N2O3S2/c17-7-1-8-20-9-6-15-14(19)11-4-5-12(21-11)16-13(18)10-2-3-10/h4-5,10,17H,1-3,6-9H2,(H,15,19)(H,16,18). The van der Waals surface area contributed by atoms with Gasteiger partial charge in [-0.25, -0.2) is 0 Å². The van der Waals surface area contributed by atoms with Crippen LogP contribution in [0.25, 0.3) is 0 Å². The lowest BCUT2D eigenvalue weighted by Gasteiger charge is -2.03. The molecule has 1 aromatic heterocycles. The van der Waals surface area contributed by atoms with Crippen molar-refractivity contribution in [3.63, 3.8) is 0 Å². The Bertz CT molecular complexity index is 486. The molecule has 0 aliphatic heterocycles. The maximum atomic E-state index is 11.9. The summed E-state index contributed by atoms with van der Waals surface area (Å²) in [6.45, 7) is 0.820. The first-order valence-electron chi connectivity index (χ1n) is 7.08. The van der Waals surface area contributed by atoms with Crippen LogP contribution in [-0.2, 0) is 4.79 Å². The quantitative estimate of drug-likeness (QED) is 0.605. The van der Waals surface area contributed by atoms with E-state index in [9.17, 15) is 9.59 Å². The molecule has 2 amide bonds. The number of anilines is 1. The van der Waals surface area contributed by atoms with Crippen LogP contribution in [0.15, 0.2) is 12.1 Å². The third-order valence-corrected chi connectivity index (χ3v) is 5.07. The van der Waals surface area contributed by atoms with Crippen LogP contribution in [0.5, 0.6) is 0 Å². The number of carbonyl (C=O) groups is 2. The molecule has 1 aliphatic carbocycles. The zero-order valence-corrected chi connectivity index (χ0v) is 13.4. The molecule has 3 N–H and O–H groups in total. The topological polar surface area (TPSA) is 78.4 Å². The van der Waals surface area contributed by atoms with Crippen LogP contribution in [0, 0.1) is 5.92 Å². The number of amides is 2. The summed E-state index contributed by atoms with van der Waals surface area (Å²) < 4.78 is 0. The summed E-state index contributed by atoms with van der Waals surface area (Å²) in [5.41, 5.74) is 0. The van der Waals surface area contributed by atoms with Gasteiger partial charge in [-0.05, 0) is 37.1 Å². The molecular formula is C14H20N2O3S2. The van der Waals surface area contributed by atoms with Crippen molar-refractivity contribution in [1.29, 1.82) is 0 Å². The van der Waals surface area contributed by atoms with Crippen molar-refractivity contribution in [3.8, 4) is 0 Å². The molecule has 116 valence electrons. The summed E-state index contributed by atoms with van der Waals surface area (Å²) in [4.78, 5) is 24.2. The van der Waals surface area contributed by atoms with Gasteiger partial charge in [-0.3, -0.25) is 9.59 Å². The zero-order valence-electron chi connectivity index (χ0n) is 11.8. The average molecular weight is 328 g/mol. The predicted molar refractivity (Wildman–Crippen MR) is 87.0 cm³/mol. The predicted octanol–water partition coefficient (Wildman–Crippen LogP) is 1.94. The Morgan fingerprint density at radius 2 is 2.14 bits per heavy atom. The summed E-state index contributed by atoms with van der Waals surface area (Å²) in [5.74, 6) is 1.87. The minimum Gasteiger partial charge on any atom is -0.396 e. The van der Waals surface area contributed by atoms with Crippen molar-refractivity contribution >= 4 is 39.9 Å². The molecule has 5 nitrogen and oxygen atoms in total. The van der Waals surface area contributed by atoms with Gasteiger partial charge in [0.15, 0.2) is 0 Å². The van der Waals surface area contributed by atoms with Gasteiger partial charge >= 0.3 is 0 Å². The number of hydrogen-bond donors (Lipinski definition) is 3. The SMILES string of the molecule is O=C(NCCSCCCO)c1ccc(NC(=O)C2CC2)s1. The molecule has 0 aromatic carbocycles. The van der Waals surface area contributed by atoms with E-state index in [0.29, 0.717) is 11.4 Å². The first-order valence-corrected chi connectivity index (χ1v) is 9.05. The van der Waals surface area contributed by atoms with Gasteiger partial charge in [-0.15, -0.1) is 11.3 Å². The number of nitrogens with one attached hydrogen (secondary N) is 2. The molecule has 0 bridgehead atoms. The van der Waals surface area contributed by atoms with Crippen LogP contribution in [0.1, 0.15) is 28.9 Å². The van der Waals surface area contributed by atoms with Crippen LogP contribution >= 0.6 is 23.1 Å². The highest BCUT2D eigenvalue weighted by Crippen LogP contribution is 2.31. The molecule has 1 aromatic rings. The van der Waals surface area contributed by atoms with Gasteiger partial charge in [0.25, 0.3) is 5.91 Å². The molecule has 0 spiro atoms. The van der Waals surface area contributed by atoms with Gasteiger partial charge in [-0.2, -0.15) is 11.8 Å². The number of hydrogen-bond acceptors (Lipinski definition) is 5. The van der Waals surface area contributed by atoms with E-state index in [1.165, 1.54) is 11.3 Å². The molecule has 1 fully saturated rings. The first kappa shape index (κ1) is 16.3. The van der Waals surface area contributed by atoms with E-state index >= 15 is 0 Å². The number of rotatable bonds is 9. The van der Waals surface area contributed by atoms with E-state index in [-0.39, 0.29) is 24.3 Å². The van der Waals surface area contributed by atoms with Gasteiger partial charge in [0.2, 0.25) is 5.91 Å². The zero-order chi connectivity index (χ0) is 15.1. The Kier molecular flexibility index (Phi) is 6.53. The highest BCUT2D eigenvalue weighted by molar-refractivity contribution is 7.99. The molecule has 7 heteroatoms. The summed E-state index contributed by atoms with van der Waals surface area (Å²) in [7, 11) is 0. The Labute approximate surface area is 132 Å². The fourth-order valence-electron chi connectivity index (χ4n) is 1.69. The second-order valence-electron chi connectivity index (χ2n) is 4.87. The van der Waals surface area contributed by atoms with Gasteiger partial charge in [0.1, 0.15) is 0 Å². The van der Waals surface area contributed by atoms with E-state index in [1.54, 1.807) is 23.9 Å². The van der Waals surface area contributed by atoms with Gasteiger partial charge in [-0.1, -0.05) is 0 Å². The molecule has 0 saturated heterocycles. The van der Waals surface area contributed by atoms with Crippen LogP contribution in [0.3, 0.4) is 0 Å². The minimum absolute atomic E-state index is 0.0593. The largest absolute Gasteiger partial charge is 0.396 e. The monoisotopic (exact) mass is 328 g/mol. The molecular weight excluding hydrogens is 308 g/mol. The Morgan fingerprint density at radius 3 is 2.86 bits per heavy atom. The lowest BCUT2D eigenvalue weighted by Crippen LogP contribution is -2.24. The van der Waals surface area contributed by atoms with E-state index in [1.807, 2.05) is 0 Å². The second kappa shape index (κ2) is 8.41. The third-order valence-electron chi connectivity index (χ3n) is 3.00. The van der Waals surface area contributed by atoms with Crippen LogP contribution in [0.4, 0.5) is 5.00 Å². The van der Waals surface area contributed by atoms with Crippen molar-refractivity contribution < 1.29 is 14.7 Å². The molecule has 0 radical (unpaired) electrons. The highest BCUT2D eigenvalue weighted by Gasteiger charge is 2.29. The Morgan fingerprint density at radius 1 is 1.33 bits per heavy atom. The molecule has 1 saturated carbocycles. The normalized spacial score (nSPS) is 14.0. The molecule has 0 atom stereocenters. The van der Waals surface area contributed by atoms with Crippen molar-refractivity contribution in [2.24, 2.45) is 5.92 Å². The summed E-state index contributed by atoms with van der Waals surface area (Å²) in [6.07, 6.45) is 2.73. The second-order valence-corrected chi connectivity index (χ2v) is 7.18. The summed E-state index contributed by atoms with van der Waals surface area (Å²) in [5, 5.41) is 15.1. The van der Waals surface area contributed by atoms with E-state index < -0.39 is 0 Å². The van der Waals surface area contributed by atoms with Crippen molar-refractivity contribution in [2.45, 2.75) is 19.3 Å². The number of aliphatic hydroxyl groups is 1. The maximum Gasteiger partial charge on any atom is 0.261 e. The lowest BCUT2D eigenvalue weighted by molar-refractivity contribution is -0.117. The van der Waals surface area contributed by atoms with Crippen molar-refractivity contribution in [1.82, 2.24) is 5.32 Å². The Hall–Kier alpha value is -1.05. The molecule has 21 heavy (non-hydrogen) atoms. The van der Waals surface area contributed by atoms with E-state index in [2.05, 4.69) is 10.6 Å². The molecule has 1 aliphatic rings. The lowest BCUT2D eigenvalue weighted by atomic mass is 10.4. The molecule has 0 unspecified atom stereocenters. The Balaban J connectivity index is 1.67. The maximum absolute atomic E-state index is 11.9. The number of thiophene rings is 1. The fourth-order valence-corrected chi connectivity index (χ4v) is 3.30. The first-order chi connectivity index (χ1) is 10.2. The number of aliphatic hydroxyl groups excluding tert-OH is 1. The van der Waals surface area contributed by atoms with Crippen molar-refractivity contribution in [2.75, 3.05) is 30.0 Å². The van der Waals surface area contributed by atoms with E-state index in [4.69, 9.17) is 5.11 Å². The minimum atomic E-state index is -0.102. The fraction of sp³-hybridized carbons (Fsp3) is 0.571. The van der Waals surface area contributed by atoms with Crippen LogP contribution in [-0.4, -0.2) is 41.6 Å².